The Morgan fingerprint density at radius 1 is 0.960 bits per heavy atom. The molecule has 0 heterocycles. The molecule has 0 bridgehead atoms. The second kappa shape index (κ2) is 6.95. The van der Waals surface area contributed by atoms with Crippen LogP contribution in [0.5, 0.6) is 0 Å². The quantitative estimate of drug-likeness (QED) is 0.658. The maximum atomic E-state index is 13.3. The van der Waals surface area contributed by atoms with Crippen molar-refractivity contribution in [3.8, 4) is 0 Å². The molecule has 0 aliphatic heterocycles. The first-order valence-electron chi connectivity index (χ1n) is 9.31. The first kappa shape index (κ1) is 16.8. The Labute approximate surface area is 158 Å². The molecule has 0 aromatic heterocycles. The Hall–Kier alpha value is -1.61. The summed E-state index contributed by atoms with van der Waals surface area (Å²) >= 11 is 3.45. The van der Waals surface area contributed by atoms with Crippen LogP contribution in [0.4, 0.5) is 5.69 Å². The summed E-state index contributed by atoms with van der Waals surface area (Å²) in [7, 11) is 0. The number of carbonyl (C=O) groups is 1. The predicted octanol–water partition coefficient (Wildman–Crippen LogP) is 6.14. The third kappa shape index (κ3) is 3.39. The van der Waals surface area contributed by atoms with E-state index in [-0.39, 0.29) is 11.3 Å². The topological polar surface area (TPSA) is 29.1 Å². The zero-order chi connectivity index (χ0) is 17.3. The molecule has 1 amide bonds. The van der Waals surface area contributed by atoms with Crippen LogP contribution in [0.25, 0.3) is 0 Å². The lowest BCUT2D eigenvalue weighted by Crippen LogP contribution is -2.40. The maximum absolute atomic E-state index is 13.3. The molecule has 2 aliphatic carbocycles. The largest absolute Gasteiger partial charge is 0.326 e. The molecular weight excluding hydrogens is 374 g/mol. The molecule has 0 spiro atoms. The standard InChI is InChI=1S/C22H24BrNO/c23-17-9-11-18(12-10-17)24-21(25)22(13-5-2-6-14-22)20-15-19(20)16-7-3-1-4-8-16/h1,3-4,7-12,19-20H,2,5-6,13-15H2,(H,24,25)/t19-,20+/m0/s1. The van der Waals surface area contributed by atoms with E-state index in [1.54, 1.807) is 0 Å². The van der Waals surface area contributed by atoms with Crippen LogP contribution in [0.3, 0.4) is 0 Å². The molecule has 3 heteroatoms. The van der Waals surface area contributed by atoms with Gasteiger partial charge in [-0.25, -0.2) is 0 Å². The highest BCUT2D eigenvalue weighted by atomic mass is 79.9. The van der Waals surface area contributed by atoms with Crippen LogP contribution in [-0.4, -0.2) is 5.91 Å². The van der Waals surface area contributed by atoms with Crippen molar-refractivity contribution >= 4 is 27.5 Å². The van der Waals surface area contributed by atoms with E-state index < -0.39 is 0 Å². The second-order valence-electron chi connectivity index (χ2n) is 7.54. The summed E-state index contributed by atoms with van der Waals surface area (Å²) in [6.07, 6.45) is 6.82. The minimum atomic E-state index is -0.189. The van der Waals surface area contributed by atoms with Crippen LogP contribution in [0.15, 0.2) is 59.1 Å². The van der Waals surface area contributed by atoms with Crippen molar-refractivity contribution in [2.24, 2.45) is 11.3 Å². The molecule has 25 heavy (non-hydrogen) atoms. The molecule has 2 fully saturated rings. The number of rotatable bonds is 4. The number of nitrogens with one attached hydrogen (secondary N) is 1. The maximum Gasteiger partial charge on any atom is 0.230 e. The van der Waals surface area contributed by atoms with Gasteiger partial charge in [0.05, 0.1) is 5.41 Å². The van der Waals surface area contributed by atoms with Crippen LogP contribution in [-0.2, 0) is 4.79 Å². The zero-order valence-corrected chi connectivity index (χ0v) is 16.0. The van der Waals surface area contributed by atoms with Gasteiger partial charge in [0.25, 0.3) is 0 Å². The summed E-state index contributed by atoms with van der Waals surface area (Å²) < 4.78 is 1.03. The first-order valence-corrected chi connectivity index (χ1v) is 10.1. The number of carbonyl (C=O) groups excluding carboxylic acids is 1. The lowest BCUT2D eigenvalue weighted by molar-refractivity contribution is -0.129. The highest BCUT2D eigenvalue weighted by Crippen LogP contribution is 2.62. The fourth-order valence-corrected chi connectivity index (χ4v) is 4.88. The van der Waals surface area contributed by atoms with Crippen molar-refractivity contribution in [3.63, 3.8) is 0 Å². The predicted molar refractivity (Wildman–Crippen MR) is 106 cm³/mol. The van der Waals surface area contributed by atoms with E-state index >= 15 is 0 Å². The smallest absolute Gasteiger partial charge is 0.230 e. The molecule has 2 aromatic carbocycles. The number of hydrogen-bond donors (Lipinski definition) is 1. The normalized spacial score (nSPS) is 24.5. The van der Waals surface area contributed by atoms with E-state index in [0.29, 0.717) is 11.8 Å². The van der Waals surface area contributed by atoms with Gasteiger partial charge < -0.3 is 5.32 Å². The van der Waals surface area contributed by atoms with Gasteiger partial charge in [-0.3, -0.25) is 4.79 Å². The SMILES string of the molecule is O=C(Nc1ccc(Br)cc1)C1([C@@H]2C[C@H]2c2ccccc2)CCCCC1. The molecule has 2 nitrogen and oxygen atoms in total. The van der Waals surface area contributed by atoms with Crippen molar-refractivity contribution in [1.82, 2.24) is 0 Å². The van der Waals surface area contributed by atoms with E-state index in [0.717, 1.165) is 29.4 Å². The van der Waals surface area contributed by atoms with Crippen LogP contribution in [0.1, 0.15) is 50.0 Å². The number of benzene rings is 2. The molecule has 2 atom stereocenters. The van der Waals surface area contributed by atoms with Crippen LogP contribution < -0.4 is 5.32 Å². The second-order valence-corrected chi connectivity index (χ2v) is 8.45. The number of anilines is 1. The van der Waals surface area contributed by atoms with E-state index in [4.69, 9.17) is 0 Å². The van der Waals surface area contributed by atoms with Crippen molar-refractivity contribution in [2.45, 2.75) is 44.4 Å². The lowest BCUT2D eigenvalue weighted by Gasteiger charge is -2.36. The Balaban J connectivity index is 1.55. The molecule has 0 radical (unpaired) electrons. The van der Waals surface area contributed by atoms with E-state index in [1.165, 1.54) is 24.8 Å². The van der Waals surface area contributed by atoms with Crippen LogP contribution in [0, 0.1) is 11.3 Å². The van der Waals surface area contributed by atoms with Crippen LogP contribution in [0.2, 0.25) is 0 Å². The molecule has 0 unspecified atom stereocenters. The zero-order valence-electron chi connectivity index (χ0n) is 14.4. The minimum Gasteiger partial charge on any atom is -0.326 e. The summed E-state index contributed by atoms with van der Waals surface area (Å²) in [6.45, 7) is 0. The van der Waals surface area contributed by atoms with Crippen molar-refractivity contribution in [1.29, 1.82) is 0 Å². The third-order valence-electron chi connectivity index (χ3n) is 6.03. The first-order chi connectivity index (χ1) is 12.2. The van der Waals surface area contributed by atoms with Gasteiger partial charge in [-0.1, -0.05) is 65.5 Å². The third-order valence-corrected chi connectivity index (χ3v) is 6.56. The number of halogens is 1. The summed E-state index contributed by atoms with van der Waals surface area (Å²) in [5, 5.41) is 3.21. The van der Waals surface area contributed by atoms with Crippen molar-refractivity contribution in [2.75, 3.05) is 5.32 Å². The molecule has 4 rings (SSSR count). The molecule has 2 aliphatic rings. The summed E-state index contributed by atoms with van der Waals surface area (Å²) in [5.41, 5.74) is 2.11. The molecule has 1 N–H and O–H groups in total. The monoisotopic (exact) mass is 397 g/mol. The Morgan fingerprint density at radius 2 is 1.64 bits per heavy atom. The summed E-state index contributed by atoms with van der Waals surface area (Å²) in [5.74, 6) is 1.28. The molecule has 2 aromatic rings. The van der Waals surface area contributed by atoms with Gasteiger partial charge in [-0.15, -0.1) is 0 Å². The van der Waals surface area contributed by atoms with E-state index in [1.807, 2.05) is 24.3 Å². The number of hydrogen-bond acceptors (Lipinski definition) is 1. The average molecular weight is 398 g/mol. The summed E-state index contributed by atoms with van der Waals surface area (Å²) in [6, 6.07) is 18.6. The molecule has 0 saturated heterocycles. The highest BCUT2D eigenvalue weighted by Gasteiger charge is 2.56. The van der Waals surface area contributed by atoms with Crippen molar-refractivity contribution in [3.05, 3.63) is 64.6 Å². The van der Waals surface area contributed by atoms with E-state index in [9.17, 15) is 4.79 Å². The highest BCUT2D eigenvalue weighted by molar-refractivity contribution is 9.10. The van der Waals surface area contributed by atoms with Crippen LogP contribution >= 0.6 is 15.9 Å². The Kier molecular flexibility index (Phi) is 4.68. The minimum absolute atomic E-state index is 0.189. The molecule has 2 saturated carbocycles. The van der Waals surface area contributed by atoms with Gasteiger partial charge >= 0.3 is 0 Å². The van der Waals surface area contributed by atoms with E-state index in [2.05, 4.69) is 51.6 Å². The van der Waals surface area contributed by atoms with Gasteiger partial charge in [-0.05, 0) is 60.9 Å². The van der Waals surface area contributed by atoms with Gasteiger partial charge in [-0.2, -0.15) is 0 Å². The van der Waals surface area contributed by atoms with Gasteiger partial charge in [0.15, 0.2) is 0 Å². The molecular formula is C22H24BrNO. The Bertz CT molecular complexity index is 734. The lowest BCUT2D eigenvalue weighted by atomic mass is 9.68. The number of amides is 1. The fraction of sp³-hybridized carbons (Fsp3) is 0.409. The van der Waals surface area contributed by atoms with Crippen molar-refractivity contribution < 1.29 is 4.79 Å². The van der Waals surface area contributed by atoms with Gasteiger partial charge in [0.1, 0.15) is 0 Å². The molecule has 130 valence electrons. The Morgan fingerprint density at radius 3 is 2.32 bits per heavy atom. The van der Waals surface area contributed by atoms with Gasteiger partial charge in [0.2, 0.25) is 5.91 Å². The fourth-order valence-electron chi connectivity index (χ4n) is 4.61. The average Bonchev–Trinajstić information content (AvgIpc) is 3.46. The van der Waals surface area contributed by atoms with Gasteiger partial charge in [0, 0.05) is 10.2 Å². The summed E-state index contributed by atoms with van der Waals surface area (Å²) in [4.78, 5) is 13.3.